The monoisotopic (exact) mass is 285 g/mol. The SMILES string of the molecule is CC(CNC(=O)N1CCOCC1C(=O)O)N(C)C1CC1. The topological polar surface area (TPSA) is 82.1 Å². The lowest BCUT2D eigenvalue weighted by atomic mass is 10.2. The summed E-state index contributed by atoms with van der Waals surface area (Å²) in [5.41, 5.74) is 0. The fourth-order valence-electron chi connectivity index (χ4n) is 2.37. The molecule has 0 aromatic carbocycles. The van der Waals surface area contributed by atoms with E-state index in [2.05, 4.69) is 24.2 Å². The Bertz CT molecular complexity index is 373. The van der Waals surface area contributed by atoms with Crippen molar-refractivity contribution in [2.24, 2.45) is 0 Å². The van der Waals surface area contributed by atoms with Gasteiger partial charge in [-0.05, 0) is 26.8 Å². The number of carboxylic acid groups (broad SMARTS) is 1. The molecule has 2 aliphatic rings. The predicted octanol–water partition coefficient (Wildman–Crippen LogP) is -0.0359. The minimum Gasteiger partial charge on any atom is -0.480 e. The van der Waals surface area contributed by atoms with Crippen molar-refractivity contribution in [2.45, 2.75) is 37.9 Å². The van der Waals surface area contributed by atoms with Gasteiger partial charge in [-0.25, -0.2) is 9.59 Å². The second-order valence-corrected chi connectivity index (χ2v) is 5.55. The smallest absolute Gasteiger partial charge is 0.328 e. The fourth-order valence-corrected chi connectivity index (χ4v) is 2.37. The first kappa shape index (κ1) is 15.1. The minimum atomic E-state index is -1.03. The van der Waals surface area contributed by atoms with Crippen LogP contribution < -0.4 is 5.32 Å². The second-order valence-electron chi connectivity index (χ2n) is 5.55. The summed E-state index contributed by atoms with van der Waals surface area (Å²) in [5.74, 6) is -1.03. The maximum atomic E-state index is 12.1. The molecule has 7 nitrogen and oxygen atoms in total. The third kappa shape index (κ3) is 3.61. The molecule has 2 amide bonds. The lowest BCUT2D eigenvalue weighted by Crippen LogP contribution is -2.56. The Hall–Kier alpha value is -1.34. The Morgan fingerprint density at radius 1 is 1.50 bits per heavy atom. The van der Waals surface area contributed by atoms with Gasteiger partial charge >= 0.3 is 12.0 Å². The summed E-state index contributed by atoms with van der Waals surface area (Å²) in [6, 6.07) is -0.329. The zero-order valence-corrected chi connectivity index (χ0v) is 12.0. The molecule has 0 radical (unpaired) electrons. The summed E-state index contributed by atoms with van der Waals surface area (Å²) in [4.78, 5) is 26.8. The van der Waals surface area contributed by atoms with Crippen molar-refractivity contribution in [3.05, 3.63) is 0 Å². The van der Waals surface area contributed by atoms with Gasteiger partial charge in [0.25, 0.3) is 0 Å². The first-order valence-electron chi connectivity index (χ1n) is 7.07. The third-order valence-corrected chi connectivity index (χ3v) is 4.04. The molecule has 7 heteroatoms. The number of urea groups is 1. The van der Waals surface area contributed by atoms with Gasteiger partial charge in [-0.3, -0.25) is 4.90 Å². The van der Waals surface area contributed by atoms with Crippen LogP contribution in [0.25, 0.3) is 0 Å². The molecular formula is C13H23N3O4. The van der Waals surface area contributed by atoms with Gasteiger partial charge in [-0.2, -0.15) is 0 Å². The number of carbonyl (C=O) groups is 2. The number of carboxylic acids is 1. The number of rotatable bonds is 5. The first-order valence-corrected chi connectivity index (χ1v) is 7.07. The number of ether oxygens (including phenoxy) is 1. The Morgan fingerprint density at radius 3 is 2.80 bits per heavy atom. The molecule has 2 unspecified atom stereocenters. The minimum absolute atomic E-state index is 0.0558. The normalized spacial score (nSPS) is 24.6. The molecule has 0 aromatic heterocycles. The van der Waals surface area contributed by atoms with Gasteiger partial charge in [-0.1, -0.05) is 0 Å². The van der Waals surface area contributed by atoms with Gasteiger partial charge < -0.3 is 20.1 Å². The number of likely N-dealkylation sites (N-methyl/N-ethyl adjacent to an activating group) is 1. The van der Waals surface area contributed by atoms with Crippen LogP contribution in [0.2, 0.25) is 0 Å². The molecule has 1 aliphatic carbocycles. The molecule has 114 valence electrons. The predicted molar refractivity (Wildman–Crippen MR) is 72.6 cm³/mol. The average molecular weight is 285 g/mol. The Balaban J connectivity index is 1.81. The first-order chi connectivity index (χ1) is 9.50. The van der Waals surface area contributed by atoms with Crippen molar-refractivity contribution in [1.29, 1.82) is 0 Å². The highest BCUT2D eigenvalue weighted by Gasteiger charge is 2.33. The summed E-state index contributed by atoms with van der Waals surface area (Å²) >= 11 is 0. The zero-order chi connectivity index (χ0) is 14.7. The second kappa shape index (κ2) is 6.41. The van der Waals surface area contributed by atoms with Crippen LogP contribution in [0.4, 0.5) is 4.79 Å². The standard InChI is InChI=1S/C13H23N3O4/c1-9(15(2)10-3-4-10)7-14-13(19)16-5-6-20-8-11(16)12(17)18/h9-11H,3-8H2,1-2H3,(H,14,19)(H,17,18). The average Bonchev–Trinajstić information content (AvgIpc) is 3.28. The van der Waals surface area contributed by atoms with E-state index in [0.717, 1.165) is 0 Å². The number of hydrogen-bond donors (Lipinski definition) is 2. The van der Waals surface area contributed by atoms with Crippen LogP contribution in [0.3, 0.4) is 0 Å². The number of amides is 2. The van der Waals surface area contributed by atoms with E-state index >= 15 is 0 Å². The van der Waals surface area contributed by atoms with E-state index in [1.807, 2.05) is 0 Å². The quantitative estimate of drug-likeness (QED) is 0.741. The third-order valence-electron chi connectivity index (χ3n) is 4.04. The molecule has 1 aliphatic heterocycles. The molecule has 1 saturated carbocycles. The van der Waals surface area contributed by atoms with Crippen LogP contribution in [-0.2, 0) is 9.53 Å². The van der Waals surface area contributed by atoms with Crippen molar-refractivity contribution in [1.82, 2.24) is 15.1 Å². The fraction of sp³-hybridized carbons (Fsp3) is 0.846. The van der Waals surface area contributed by atoms with Crippen LogP contribution in [0.1, 0.15) is 19.8 Å². The van der Waals surface area contributed by atoms with Gasteiger partial charge in [0.1, 0.15) is 0 Å². The molecule has 2 atom stereocenters. The van der Waals surface area contributed by atoms with Gasteiger partial charge in [0, 0.05) is 25.2 Å². The van der Waals surface area contributed by atoms with E-state index in [4.69, 9.17) is 9.84 Å². The maximum Gasteiger partial charge on any atom is 0.328 e. The van der Waals surface area contributed by atoms with E-state index in [-0.39, 0.29) is 18.7 Å². The van der Waals surface area contributed by atoms with Crippen LogP contribution in [0, 0.1) is 0 Å². The van der Waals surface area contributed by atoms with Crippen LogP contribution in [0.15, 0.2) is 0 Å². The number of aliphatic carboxylic acids is 1. The molecule has 2 N–H and O–H groups in total. The number of hydrogen-bond acceptors (Lipinski definition) is 4. The van der Waals surface area contributed by atoms with Crippen LogP contribution >= 0.6 is 0 Å². The number of nitrogens with one attached hydrogen (secondary N) is 1. The van der Waals surface area contributed by atoms with E-state index in [0.29, 0.717) is 25.7 Å². The summed E-state index contributed by atoms with van der Waals surface area (Å²) in [5, 5.41) is 11.9. The van der Waals surface area contributed by atoms with Gasteiger partial charge in [0.05, 0.1) is 13.2 Å². The van der Waals surface area contributed by atoms with Gasteiger partial charge in [-0.15, -0.1) is 0 Å². The Labute approximate surface area is 118 Å². The highest BCUT2D eigenvalue weighted by molar-refractivity contribution is 5.83. The van der Waals surface area contributed by atoms with E-state index in [9.17, 15) is 9.59 Å². The van der Waals surface area contributed by atoms with Gasteiger partial charge in [0.15, 0.2) is 6.04 Å². The summed E-state index contributed by atoms with van der Waals surface area (Å²) in [7, 11) is 2.06. The summed E-state index contributed by atoms with van der Waals surface area (Å²) in [6.45, 7) is 3.34. The van der Waals surface area contributed by atoms with Gasteiger partial charge in [0.2, 0.25) is 0 Å². The maximum absolute atomic E-state index is 12.1. The molecular weight excluding hydrogens is 262 g/mol. The van der Waals surface area contributed by atoms with Crippen molar-refractivity contribution in [3.8, 4) is 0 Å². The van der Waals surface area contributed by atoms with E-state index < -0.39 is 12.0 Å². The molecule has 2 rings (SSSR count). The zero-order valence-electron chi connectivity index (χ0n) is 12.0. The molecule has 2 fully saturated rings. The van der Waals surface area contributed by atoms with Crippen LogP contribution in [-0.4, -0.2) is 78.4 Å². The lowest BCUT2D eigenvalue weighted by molar-refractivity contribution is -0.147. The number of nitrogens with zero attached hydrogens (tertiary/aromatic N) is 2. The lowest BCUT2D eigenvalue weighted by Gasteiger charge is -2.33. The highest BCUT2D eigenvalue weighted by Crippen LogP contribution is 2.26. The molecule has 0 aromatic rings. The summed E-state index contributed by atoms with van der Waals surface area (Å²) < 4.78 is 5.12. The molecule has 1 heterocycles. The van der Waals surface area contributed by atoms with Crippen molar-refractivity contribution < 1.29 is 19.4 Å². The molecule has 0 spiro atoms. The number of carbonyl (C=O) groups excluding carboxylic acids is 1. The van der Waals surface area contributed by atoms with Crippen molar-refractivity contribution >= 4 is 12.0 Å². The molecule has 20 heavy (non-hydrogen) atoms. The van der Waals surface area contributed by atoms with Crippen molar-refractivity contribution in [3.63, 3.8) is 0 Å². The number of morpholine rings is 1. The largest absolute Gasteiger partial charge is 0.480 e. The van der Waals surface area contributed by atoms with Crippen molar-refractivity contribution in [2.75, 3.05) is 33.4 Å². The van der Waals surface area contributed by atoms with Crippen LogP contribution in [0.5, 0.6) is 0 Å². The Kier molecular flexibility index (Phi) is 4.82. The van der Waals surface area contributed by atoms with E-state index in [1.54, 1.807) is 0 Å². The highest BCUT2D eigenvalue weighted by atomic mass is 16.5. The Morgan fingerprint density at radius 2 is 2.20 bits per heavy atom. The molecule has 0 bridgehead atoms. The molecule has 1 saturated heterocycles. The summed E-state index contributed by atoms with van der Waals surface area (Å²) in [6.07, 6.45) is 2.44. The van der Waals surface area contributed by atoms with E-state index in [1.165, 1.54) is 17.7 Å².